The molecule has 0 radical (unpaired) electrons. The quantitative estimate of drug-likeness (QED) is 0.803. The molecule has 1 aromatic heterocycles. The summed E-state index contributed by atoms with van der Waals surface area (Å²) in [5, 5.41) is 4.61. The normalized spacial score (nSPS) is 10.9. The summed E-state index contributed by atoms with van der Waals surface area (Å²) in [6, 6.07) is 7.12. The minimum Gasteiger partial charge on any atom is -0.460 e. The lowest BCUT2D eigenvalue weighted by Gasteiger charge is -2.04. The van der Waals surface area contributed by atoms with E-state index in [1.165, 1.54) is 0 Å². The Morgan fingerprint density at radius 3 is 2.50 bits per heavy atom. The Morgan fingerprint density at radius 2 is 1.78 bits per heavy atom. The fraction of sp³-hybridized carbons (Fsp3) is 0.231. The van der Waals surface area contributed by atoms with Gasteiger partial charge in [0.05, 0.1) is 21.6 Å². The van der Waals surface area contributed by atoms with Crippen LogP contribution in [0.2, 0.25) is 15.1 Å². The third kappa shape index (κ3) is 3.01. The molecular weight excluding hydrogens is 293 g/mol. The van der Waals surface area contributed by atoms with E-state index in [0.29, 0.717) is 27.4 Å². The van der Waals surface area contributed by atoms with Crippen molar-refractivity contribution in [2.45, 2.75) is 13.5 Å². The van der Waals surface area contributed by atoms with Crippen molar-refractivity contribution in [2.75, 3.05) is 6.54 Å². The molecule has 0 saturated carbocycles. The minimum atomic E-state index is 0.435. The van der Waals surface area contributed by atoms with Crippen molar-refractivity contribution in [3.8, 4) is 11.3 Å². The second-order valence-electron chi connectivity index (χ2n) is 3.79. The molecular formula is C13H12Cl3NO. The Bertz CT molecular complexity index is 551. The van der Waals surface area contributed by atoms with Gasteiger partial charge in [-0.1, -0.05) is 41.7 Å². The van der Waals surface area contributed by atoms with E-state index < -0.39 is 0 Å². The first-order valence-electron chi connectivity index (χ1n) is 5.56. The van der Waals surface area contributed by atoms with Crippen molar-refractivity contribution in [1.82, 2.24) is 5.32 Å². The van der Waals surface area contributed by atoms with Crippen LogP contribution in [0.1, 0.15) is 12.7 Å². The van der Waals surface area contributed by atoms with Crippen molar-refractivity contribution in [1.29, 1.82) is 0 Å². The lowest BCUT2D eigenvalue weighted by Crippen LogP contribution is -2.10. The third-order valence-corrected chi connectivity index (χ3v) is 3.52. The van der Waals surface area contributed by atoms with Gasteiger partial charge in [-0.05, 0) is 30.8 Å². The molecule has 18 heavy (non-hydrogen) atoms. The number of rotatable bonds is 4. The molecule has 96 valence electrons. The molecule has 0 aliphatic rings. The molecule has 0 bridgehead atoms. The first-order valence-corrected chi connectivity index (χ1v) is 6.69. The first kappa shape index (κ1) is 13.8. The summed E-state index contributed by atoms with van der Waals surface area (Å²) in [4.78, 5) is 0. The SMILES string of the molecule is CCNCc1ccc(-c2cc(Cl)c(Cl)cc2Cl)o1. The van der Waals surface area contributed by atoms with Crippen molar-refractivity contribution in [3.05, 3.63) is 45.1 Å². The molecule has 0 atom stereocenters. The third-order valence-electron chi connectivity index (χ3n) is 2.49. The van der Waals surface area contributed by atoms with E-state index in [2.05, 4.69) is 5.32 Å². The molecule has 0 unspecified atom stereocenters. The maximum Gasteiger partial charge on any atom is 0.135 e. The Morgan fingerprint density at radius 1 is 1.06 bits per heavy atom. The highest BCUT2D eigenvalue weighted by Crippen LogP contribution is 2.35. The smallest absolute Gasteiger partial charge is 0.135 e. The van der Waals surface area contributed by atoms with E-state index >= 15 is 0 Å². The minimum absolute atomic E-state index is 0.435. The summed E-state index contributed by atoms with van der Waals surface area (Å²) in [7, 11) is 0. The van der Waals surface area contributed by atoms with Gasteiger partial charge in [0.2, 0.25) is 0 Å². The van der Waals surface area contributed by atoms with Gasteiger partial charge in [0.25, 0.3) is 0 Å². The Balaban J connectivity index is 2.31. The fourth-order valence-corrected chi connectivity index (χ4v) is 2.22. The maximum absolute atomic E-state index is 6.13. The second kappa shape index (κ2) is 5.98. The highest BCUT2D eigenvalue weighted by atomic mass is 35.5. The van der Waals surface area contributed by atoms with Crippen LogP contribution >= 0.6 is 34.8 Å². The maximum atomic E-state index is 6.13. The summed E-state index contributed by atoms with van der Waals surface area (Å²) < 4.78 is 5.70. The van der Waals surface area contributed by atoms with E-state index in [9.17, 15) is 0 Å². The van der Waals surface area contributed by atoms with Crippen LogP contribution in [0.5, 0.6) is 0 Å². The molecule has 0 fully saturated rings. The lowest BCUT2D eigenvalue weighted by atomic mass is 10.2. The van der Waals surface area contributed by atoms with Gasteiger partial charge >= 0.3 is 0 Å². The van der Waals surface area contributed by atoms with Gasteiger partial charge in [0, 0.05) is 5.56 Å². The van der Waals surface area contributed by atoms with Gasteiger partial charge in [0.15, 0.2) is 0 Å². The molecule has 2 nitrogen and oxygen atoms in total. The number of benzene rings is 1. The molecule has 2 rings (SSSR count). The van der Waals surface area contributed by atoms with E-state index in [1.54, 1.807) is 12.1 Å². The number of halogens is 3. The van der Waals surface area contributed by atoms with Gasteiger partial charge in [-0.25, -0.2) is 0 Å². The number of hydrogen-bond acceptors (Lipinski definition) is 2. The largest absolute Gasteiger partial charge is 0.460 e. The molecule has 5 heteroatoms. The molecule has 1 N–H and O–H groups in total. The van der Waals surface area contributed by atoms with Crippen LogP contribution in [-0.2, 0) is 6.54 Å². The van der Waals surface area contributed by atoms with Crippen LogP contribution in [0, 0.1) is 0 Å². The monoisotopic (exact) mass is 303 g/mol. The van der Waals surface area contributed by atoms with E-state index in [0.717, 1.165) is 17.9 Å². The van der Waals surface area contributed by atoms with Crippen LogP contribution in [-0.4, -0.2) is 6.54 Å². The summed E-state index contributed by atoms with van der Waals surface area (Å²) in [5.41, 5.74) is 0.744. The number of furan rings is 1. The molecule has 0 aliphatic heterocycles. The van der Waals surface area contributed by atoms with Crippen molar-refractivity contribution in [3.63, 3.8) is 0 Å². The van der Waals surface area contributed by atoms with Crippen molar-refractivity contribution < 1.29 is 4.42 Å². The summed E-state index contributed by atoms with van der Waals surface area (Å²) in [5.74, 6) is 1.54. The van der Waals surface area contributed by atoms with Crippen molar-refractivity contribution in [2.24, 2.45) is 0 Å². The molecule has 0 amide bonds. The van der Waals surface area contributed by atoms with E-state index in [4.69, 9.17) is 39.2 Å². The average Bonchev–Trinajstić information content (AvgIpc) is 2.79. The Hall–Kier alpha value is -0.670. The topological polar surface area (TPSA) is 25.2 Å². The van der Waals surface area contributed by atoms with Gasteiger partial charge in [-0.3, -0.25) is 0 Å². The molecule has 0 spiro atoms. The van der Waals surface area contributed by atoms with Crippen LogP contribution in [0.3, 0.4) is 0 Å². The fourth-order valence-electron chi connectivity index (χ4n) is 1.58. The van der Waals surface area contributed by atoms with E-state index in [-0.39, 0.29) is 0 Å². The van der Waals surface area contributed by atoms with Crippen LogP contribution in [0.4, 0.5) is 0 Å². The highest BCUT2D eigenvalue weighted by Gasteiger charge is 2.11. The zero-order chi connectivity index (χ0) is 13.1. The Labute approximate surface area is 121 Å². The predicted molar refractivity (Wildman–Crippen MR) is 76.6 cm³/mol. The standard InChI is InChI=1S/C13H12Cl3NO/c1-2-17-7-8-3-4-13(18-8)9-5-11(15)12(16)6-10(9)14/h3-6,17H,2,7H2,1H3. The predicted octanol–water partition coefficient (Wildman–Crippen LogP) is 5.02. The highest BCUT2D eigenvalue weighted by molar-refractivity contribution is 6.44. The van der Waals surface area contributed by atoms with Crippen LogP contribution < -0.4 is 5.32 Å². The molecule has 1 heterocycles. The van der Waals surface area contributed by atoms with Gasteiger partial charge < -0.3 is 9.73 Å². The van der Waals surface area contributed by atoms with Crippen LogP contribution in [0.25, 0.3) is 11.3 Å². The van der Waals surface area contributed by atoms with Crippen LogP contribution in [0.15, 0.2) is 28.7 Å². The summed E-state index contributed by atoms with van der Waals surface area (Å²) >= 11 is 18.0. The molecule has 2 aromatic rings. The molecule has 0 aliphatic carbocycles. The van der Waals surface area contributed by atoms with Gasteiger partial charge in [-0.15, -0.1) is 0 Å². The zero-order valence-corrected chi connectivity index (χ0v) is 12.0. The summed E-state index contributed by atoms with van der Waals surface area (Å²) in [6.45, 7) is 3.62. The first-order chi connectivity index (χ1) is 8.61. The number of hydrogen-bond donors (Lipinski definition) is 1. The molecule has 0 saturated heterocycles. The number of nitrogens with one attached hydrogen (secondary N) is 1. The summed E-state index contributed by atoms with van der Waals surface area (Å²) in [6.07, 6.45) is 0. The average molecular weight is 305 g/mol. The van der Waals surface area contributed by atoms with E-state index in [1.807, 2.05) is 19.1 Å². The zero-order valence-electron chi connectivity index (χ0n) is 9.77. The molecule has 1 aromatic carbocycles. The van der Waals surface area contributed by atoms with Gasteiger partial charge in [-0.2, -0.15) is 0 Å². The van der Waals surface area contributed by atoms with Gasteiger partial charge in [0.1, 0.15) is 11.5 Å². The van der Waals surface area contributed by atoms with Crippen molar-refractivity contribution >= 4 is 34.8 Å². The Kier molecular flexibility index (Phi) is 4.57. The lowest BCUT2D eigenvalue weighted by molar-refractivity contribution is 0.498. The second-order valence-corrected chi connectivity index (χ2v) is 5.01.